The third-order valence-electron chi connectivity index (χ3n) is 5.53. The summed E-state index contributed by atoms with van der Waals surface area (Å²) in [4.78, 5) is 25.0. The number of nitrogens with zero attached hydrogens (tertiary/aromatic N) is 3. The summed E-state index contributed by atoms with van der Waals surface area (Å²) in [5.41, 5.74) is 1.50. The van der Waals surface area contributed by atoms with Gasteiger partial charge in [-0.15, -0.1) is 0 Å². The molecule has 2 N–H and O–H groups in total. The molecule has 7 heteroatoms. The summed E-state index contributed by atoms with van der Waals surface area (Å²) in [5.74, 6) is 0.400. The Labute approximate surface area is 146 Å². The Kier molecular flexibility index (Phi) is 4.23. The zero-order chi connectivity index (χ0) is 17.4. The number of carbonyl (C=O) groups is 1. The number of hydrogen-bond donors (Lipinski definition) is 2. The summed E-state index contributed by atoms with van der Waals surface area (Å²) in [6, 6.07) is 0.254. The van der Waals surface area contributed by atoms with E-state index in [0.29, 0.717) is 11.4 Å². The first-order chi connectivity index (χ1) is 12.1. The highest BCUT2D eigenvalue weighted by Crippen LogP contribution is 2.37. The van der Waals surface area contributed by atoms with Crippen LogP contribution in [-0.4, -0.2) is 25.5 Å². The van der Waals surface area contributed by atoms with E-state index >= 15 is 0 Å². The molecular weight excluding hydrogens is 318 g/mol. The van der Waals surface area contributed by atoms with Gasteiger partial charge in [0.2, 0.25) is 5.91 Å². The average molecular weight is 343 g/mol. The van der Waals surface area contributed by atoms with Gasteiger partial charge in [0.15, 0.2) is 0 Å². The van der Waals surface area contributed by atoms with Crippen LogP contribution in [0.25, 0.3) is 0 Å². The number of nitrogens with one attached hydrogen (secondary N) is 2. The van der Waals surface area contributed by atoms with Crippen molar-refractivity contribution in [2.45, 2.75) is 63.3 Å². The molecule has 0 spiro atoms. The maximum Gasteiger partial charge on any atom is 0.270 e. The van der Waals surface area contributed by atoms with Gasteiger partial charge in [-0.05, 0) is 18.4 Å². The van der Waals surface area contributed by atoms with Crippen LogP contribution in [0, 0.1) is 0 Å². The molecular formula is C18H25N5O2. The van der Waals surface area contributed by atoms with Crippen molar-refractivity contribution in [2.24, 2.45) is 7.05 Å². The molecule has 1 aliphatic carbocycles. The van der Waals surface area contributed by atoms with Gasteiger partial charge < -0.3 is 5.32 Å². The van der Waals surface area contributed by atoms with Crippen molar-refractivity contribution in [1.82, 2.24) is 19.6 Å². The van der Waals surface area contributed by atoms with Crippen LogP contribution in [0.3, 0.4) is 0 Å². The lowest BCUT2D eigenvalue weighted by molar-refractivity contribution is -0.116. The predicted octanol–water partition coefficient (Wildman–Crippen LogP) is 2.67. The summed E-state index contributed by atoms with van der Waals surface area (Å²) in [6.07, 6.45) is 12.1. The summed E-state index contributed by atoms with van der Waals surface area (Å²) in [7, 11) is 1.84. The van der Waals surface area contributed by atoms with Crippen LogP contribution in [-0.2, 0) is 11.8 Å². The number of aryl methyl sites for hydroxylation is 1. The lowest BCUT2D eigenvalue weighted by Crippen LogP contribution is -2.27. The van der Waals surface area contributed by atoms with Gasteiger partial charge in [0, 0.05) is 25.6 Å². The van der Waals surface area contributed by atoms with Crippen molar-refractivity contribution in [2.75, 3.05) is 5.32 Å². The molecule has 2 aromatic rings. The molecule has 0 saturated heterocycles. The lowest BCUT2D eigenvalue weighted by Gasteiger charge is -2.26. The standard InChI is InChI=1S/C18H25N5O2/c1-22-11-12(10-19-22)14-9-15(24)20-17-16(14)18(25)21-23(17)13-7-5-3-2-4-6-8-13/h10-11,13-14H,2-9H2,1H3,(H,20,24)(H,21,25)/t14-/m0/s1. The number of aromatic amines is 1. The maximum atomic E-state index is 12.7. The smallest absolute Gasteiger partial charge is 0.270 e. The van der Waals surface area contributed by atoms with Gasteiger partial charge in [0.1, 0.15) is 5.82 Å². The Morgan fingerprint density at radius 3 is 2.52 bits per heavy atom. The molecule has 1 saturated carbocycles. The number of rotatable bonds is 2. The highest BCUT2D eigenvalue weighted by atomic mass is 16.2. The molecule has 0 aromatic carbocycles. The second-order valence-electron chi connectivity index (χ2n) is 7.32. The third kappa shape index (κ3) is 3.03. The molecule has 0 bridgehead atoms. The van der Waals surface area contributed by atoms with Crippen molar-refractivity contribution in [1.29, 1.82) is 0 Å². The molecule has 134 valence electrons. The van der Waals surface area contributed by atoms with Crippen LogP contribution in [0.1, 0.15) is 74.5 Å². The number of hydrogen-bond acceptors (Lipinski definition) is 3. The van der Waals surface area contributed by atoms with Crippen LogP contribution in [0.4, 0.5) is 5.82 Å². The van der Waals surface area contributed by atoms with E-state index in [1.165, 1.54) is 32.1 Å². The summed E-state index contributed by atoms with van der Waals surface area (Å²) in [5, 5.41) is 10.2. The van der Waals surface area contributed by atoms with Crippen molar-refractivity contribution in [3.63, 3.8) is 0 Å². The van der Waals surface area contributed by atoms with Crippen LogP contribution in [0.5, 0.6) is 0 Å². The first-order valence-corrected chi connectivity index (χ1v) is 9.26. The number of aromatic nitrogens is 4. The highest BCUT2D eigenvalue weighted by molar-refractivity contribution is 5.94. The summed E-state index contributed by atoms with van der Waals surface area (Å²) < 4.78 is 3.64. The molecule has 0 radical (unpaired) electrons. The van der Waals surface area contributed by atoms with Crippen molar-refractivity contribution in [3.8, 4) is 0 Å². The van der Waals surface area contributed by atoms with E-state index in [9.17, 15) is 9.59 Å². The fourth-order valence-corrected chi connectivity index (χ4v) is 4.26. The summed E-state index contributed by atoms with van der Waals surface area (Å²) >= 11 is 0. The van der Waals surface area contributed by atoms with E-state index in [1.54, 1.807) is 10.9 Å². The number of anilines is 1. The minimum atomic E-state index is -0.226. The zero-order valence-corrected chi connectivity index (χ0v) is 14.6. The average Bonchev–Trinajstić information content (AvgIpc) is 3.11. The Morgan fingerprint density at radius 2 is 1.84 bits per heavy atom. The van der Waals surface area contributed by atoms with Crippen LogP contribution >= 0.6 is 0 Å². The molecule has 4 rings (SSSR count). The molecule has 1 atom stereocenters. The maximum absolute atomic E-state index is 12.7. The number of amides is 1. The lowest BCUT2D eigenvalue weighted by atomic mass is 9.89. The number of H-pyrrole nitrogens is 1. The number of carbonyl (C=O) groups excluding carboxylic acids is 1. The Hall–Kier alpha value is -2.31. The largest absolute Gasteiger partial charge is 0.311 e. The van der Waals surface area contributed by atoms with Gasteiger partial charge in [-0.1, -0.05) is 32.1 Å². The van der Waals surface area contributed by atoms with E-state index in [-0.39, 0.29) is 29.8 Å². The van der Waals surface area contributed by atoms with Crippen LogP contribution in [0.2, 0.25) is 0 Å². The molecule has 1 fully saturated rings. The molecule has 1 amide bonds. The first kappa shape index (κ1) is 16.2. The van der Waals surface area contributed by atoms with Gasteiger partial charge in [0.25, 0.3) is 5.56 Å². The SMILES string of the molecule is Cn1cc([C@@H]2CC(=O)Nc3c2c(=O)[nH]n3C2CCCCCCC2)cn1. The minimum Gasteiger partial charge on any atom is -0.311 e. The van der Waals surface area contributed by atoms with Crippen molar-refractivity contribution >= 4 is 11.7 Å². The monoisotopic (exact) mass is 343 g/mol. The topological polar surface area (TPSA) is 84.7 Å². The van der Waals surface area contributed by atoms with Crippen molar-refractivity contribution < 1.29 is 4.79 Å². The van der Waals surface area contributed by atoms with E-state index in [2.05, 4.69) is 15.5 Å². The Morgan fingerprint density at radius 1 is 1.12 bits per heavy atom. The molecule has 1 aliphatic heterocycles. The molecule has 2 aromatic heterocycles. The first-order valence-electron chi connectivity index (χ1n) is 9.26. The predicted molar refractivity (Wildman–Crippen MR) is 94.7 cm³/mol. The molecule has 3 heterocycles. The van der Waals surface area contributed by atoms with E-state index in [1.807, 2.05) is 17.9 Å². The van der Waals surface area contributed by atoms with Gasteiger partial charge >= 0.3 is 0 Å². The molecule has 0 unspecified atom stereocenters. The second-order valence-corrected chi connectivity index (χ2v) is 7.32. The van der Waals surface area contributed by atoms with E-state index in [4.69, 9.17) is 0 Å². The molecule has 7 nitrogen and oxygen atoms in total. The third-order valence-corrected chi connectivity index (χ3v) is 5.53. The zero-order valence-electron chi connectivity index (χ0n) is 14.6. The van der Waals surface area contributed by atoms with E-state index < -0.39 is 0 Å². The molecule has 25 heavy (non-hydrogen) atoms. The van der Waals surface area contributed by atoms with Gasteiger partial charge in [-0.2, -0.15) is 5.10 Å². The van der Waals surface area contributed by atoms with Gasteiger partial charge in [0.05, 0.1) is 17.8 Å². The van der Waals surface area contributed by atoms with Crippen LogP contribution < -0.4 is 10.9 Å². The normalized spacial score (nSPS) is 22.1. The van der Waals surface area contributed by atoms with Gasteiger partial charge in [-0.3, -0.25) is 24.1 Å². The van der Waals surface area contributed by atoms with E-state index in [0.717, 1.165) is 18.4 Å². The van der Waals surface area contributed by atoms with Crippen LogP contribution in [0.15, 0.2) is 17.2 Å². The Balaban J connectivity index is 1.74. The number of fused-ring (bicyclic) bond motifs is 1. The Bertz CT molecular complexity index is 823. The van der Waals surface area contributed by atoms with Gasteiger partial charge in [-0.25, -0.2) is 0 Å². The fraction of sp³-hybridized carbons (Fsp3) is 0.611. The molecule has 2 aliphatic rings. The second kappa shape index (κ2) is 6.54. The van der Waals surface area contributed by atoms with Crippen molar-refractivity contribution in [3.05, 3.63) is 33.9 Å². The fourth-order valence-electron chi connectivity index (χ4n) is 4.26. The minimum absolute atomic E-state index is 0.0417. The highest BCUT2D eigenvalue weighted by Gasteiger charge is 2.34. The summed E-state index contributed by atoms with van der Waals surface area (Å²) in [6.45, 7) is 0. The quantitative estimate of drug-likeness (QED) is 0.879.